The van der Waals surface area contributed by atoms with Crippen LogP contribution in [0.5, 0.6) is 0 Å². The van der Waals surface area contributed by atoms with Crippen LogP contribution in [0.3, 0.4) is 0 Å². The Morgan fingerprint density at radius 1 is 1.63 bits per heavy atom. The minimum absolute atomic E-state index is 0.00264. The van der Waals surface area contributed by atoms with Crippen LogP contribution < -0.4 is 5.32 Å². The summed E-state index contributed by atoms with van der Waals surface area (Å²) in [5.74, 6) is -0.918. The first-order valence-corrected chi connectivity index (χ1v) is 7.33. The van der Waals surface area contributed by atoms with Crippen molar-refractivity contribution in [3.8, 4) is 0 Å². The SMILES string of the molecule is CC(Cc1ccsc1)NC(=O)N1CCC[C@H]1C(=O)O. The summed E-state index contributed by atoms with van der Waals surface area (Å²) in [5.41, 5.74) is 1.19. The molecule has 1 aromatic heterocycles. The smallest absolute Gasteiger partial charge is 0.326 e. The van der Waals surface area contributed by atoms with E-state index in [9.17, 15) is 9.59 Å². The lowest BCUT2D eigenvalue weighted by molar-refractivity contribution is -0.141. The molecule has 1 aliphatic heterocycles. The lowest BCUT2D eigenvalue weighted by Gasteiger charge is -2.24. The van der Waals surface area contributed by atoms with Crippen LogP contribution in [0.4, 0.5) is 4.79 Å². The molecule has 1 saturated heterocycles. The third kappa shape index (κ3) is 3.47. The summed E-state index contributed by atoms with van der Waals surface area (Å²) < 4.78 is 0. The highest BCUT2D eigenvalue weighted by atomic mass is 32.1. The van der Waals surface area contributed by atoms with Crippen molar-refractivity contribution < 1.29 is 14.7 Å². The summed E-state index contributed by atoms with van der Waals surface area (Å²) >= 11 is 1.63. The first-order chi connectivity index (χ1) is 9.08. The fourth-order valence-corrected chi connectivity index (χ4v) is 3.06. The van der Waals surface area contributed by atoms with Crippen LogP contribution in [0.25, 0.3) is 0 Å². The number of thiophene rings is 1. The Morgan fingerprint density at radius 3 is 3.05 bits per heavy atom. The highest BCUT2D eigenvalue weighted by molar-refractivity contribution is 7.07. The zero-order valence-corrected chi connectivity index (χ0v) is 11.7. The average Bonchev–Trinajstić information content (AvgIpc) is 2.97. The van der Waals surface area contributed by atoms with E-state index in [0.29, 0.717) is 13.0 Å². The molecule has 19 heavy (non-hydrogen) atoms. The molecule has 1 unspecified atom stereocenters. The Morgan fingerprint density at radius 2 is 2.42 bits per heavy atom. The second-order valence-corrected chi connectivity index (χ2v) is 5.66. The summed E-state index contributed by atoms with van der Waals surface area (Å²) in [6.45, 7) is 2.45. The Kier molecular flexibility index (Phi) is 4.42. The molecule has 104 valence electrons. The maximum absolute atomic E-state index is 12.1. The predicted octanol–water partition coefficient (Wildman–Crippen LogP) is 1.94. The molecule has 0 aliphatic carbocycles. The molecule has 0 spiro atoms. The van der Waals surface area contributed by atoms with Gasteiger partial charge >= 0.3 is 12.0 Å². The van der Waals surface area contributed by atoms with E-state index in [0.717, 1.165) is 12.8 Å². The summed E-state index contributed by atoms with van der Waals surface area (Å²) in [5, 5.41) is 16.0. The molecule has 2 N–H and O–H groups in total. The highest BCUT2D eigenvalue weighted by Gasteiger charge is 2.34. The number of nitrogens with zero attached hydrogens (tertiary/aromatic N) is 1. The van der Waals surface area contributed by atoms with Gasteiger partial charge in [-0.15, -0.1) is 0 Å². The zero-order valence-electron chi connectivity index (χ0n) is 10.8. The van der Waals surface area contributed by atoms with Crippen LogP contribution in [-0.4, -0.2) is 40.6 Å². The van der Waals surface area contributed by atoms with Gasteiger partial charge in [-0.25, -0.2) is 9.59 Å². The number of carboxylic acids is 1. The van der Waals surface area contributed by atoms with Crippen molar-refractivity contribution >= 4 is 23.3 Å². The second kappa shape index (κ2) is 6.06. The molecule has 1 aliphatic rings. The number of amides is 2. The first-order valence-electron chi connectivity index (χ1n) is 6.39. The second-order valence-electron chi connectivity index (χ2n) is 4.88. The minimum atomic E-state index is -0.918. The van der Waals surface area contributed by atoms with Gasteiger partial charge in [0.25, 0.3) is 0 Å². The molecular formula is C13H18N2O3S. The number of aliphatic carboxylic acids is 1. The molecule has 1 aromatic rings. The molecule has 2 heterocycles. The molecule has 0 radical (unpaired) electrons. The quantitative estimate of drug-likeness (QED) is 0.886. The van der Waals surface area contributed by atoms with Crippen molar-refractivity contribution in [2.75, 3.05) is 6.54 Å². The predicted molar refractivity (Wildman–Crippen MR) is 73.4 cm³/mol. The molecule has 1 fully saturated rings. The van der Waals surface area contributed by atoms with E-state index in [1.807, 2.05) is 18.4 Å². The number of rotatable bonds is 4. The summed E-state index contributed by atoms with van der Waals surface area (Å²) in [6.07, 6.45) is 2.06. The van der Waals surface area contributed by atoms with Gasteiger partial charge in [-0.2, -0.15) is 11.3 Å². The molecule has 0 saturated carbocycles. The Balaban J connectivity index is 1.88. The van der Waals surface area contributed by atoms with Gasteiger partial charge in [-0.3, -0.25) is 0 Å². The number of hydrogen-bond donors (Lipinski definition) is 2. The normalized spacial score (nSPS) is 20.3. The van der Waals surface area contributed by atoms with Crippen LogP contribution in [0.2, 0.25) is 0 Å². The van der Waals surface area contributed by atoms with Gasteiger partial charge in [-0.05, 0) is 48.6 Å². The highest BCUT2D eigenvalue weighted by Crippen LogP contribution is 2.17. The largest absolute Gasteiger partial charge is 0.480 e. The van der Waals surface area contributed by atoms with Crippen LogP contribution in [0, 0.1) is 0 Å². The van der Waals surface area contributed by atoms with E-state index in [1.54, 1.807) is 11.3 Å². The third-order valence-electron chi connectivity index (χ3n) is 3.29. The van der Waals surface area contributed by atoms with Gasteiger partial charge in [0.1, 0.15) is 6.04 Å². The van der Waals surface area contributed by atoms with Gasteiger partial charge in [0, 0.05) is 12.6 Å². The lowest BCUT2D eigenvalue weighted by Crippen LogP contribution is -2.48. The number of carboxylic acid groups (broad SMARTS) is 1. The van der Waals surface area contributed by atoms with Crippen molar-refractivity contribution in [2.45, 2.75) is 38.3 Å². The molecule has 0 bridgehead atoms. The monoisotopic (exact) mass is 282 g/mol. The Hall–Kier alpha value is -1.56. The van der Waals surface area contributed by atoms with Crippen LogP contribution in [-0.2, 0) is 11.2 Å². The molecule has 6 heteroatoms. The van der Waals surface area contributed by atoms with Gasteiger partial charge in [0.05, 0.1) is 0 Å². The Labute approximate surface area is 116 Å². The maximum Gasteiger partial charge on any atom is 0.326 e. The van der Waals surface area contributed by atoms with Gasteiger partial charge in [0.2, 0.25) is 0 Å². The van der Waals surface area contributed by atoms with Gasteiger partial charge < -0.3 is 15.3 Å². The van der Waals surface area contributed by atoms with Gasteiger partial charge in [-0.1, -0.05) is 0 Å². The van der Waals surface area contributed by atoms with Crippen LogP contribution in [0.1, 0.15) is 25.3 Å². The van der Waals surface area contributed by atoms with E-state index in [1.165, 1.54) is 10.5 Å². The van der Waals surface area contributed by atoms with Crippen molar-refractivity contribution in [1.82, 2.24) is 10.2 Å². The number of hydrogen-bond acceptors (Lipinski definition) is 3. The van der Waals surface area contributed by atoms with E-state index in [4.69, 9.17) is 5.11 Å². The molecule has 2 rings (SSSR count). The van der Waals surface area contributed by atoms with Crippen molar-refractivity contribution in [3.63, 3.8) is 0 Å². The zero-order chi connectivity index (χ0) is 13.8. The van der Waals surface area contributed by atoms with E-state index in [2.05, 4.69) is 10.7 Å². The van der Waals surface area contributed by atoms with Crippen molar-refractivity contribution in [1.29, 1.82) is 0 Å². The average molecular weight is 282 g/mol. The minimum Gasteiger partial charge on any atom is -0.480 e. The molecular weight excluding hydrogens is 264 g/mol. The summed E-state index contributed by atoms with van der Waals surface area (Å²) in [7, 11) is 0. The van der Waals surface area contributed by atoms with Crippen molar-refractivity contribution in [2.24, 2.45) is 0 Å². The molecule has 0 aromatic carbocycles. The fourth-order valence-electron chi connectivity index (χ4n) is 2.37. The molecule has 2 atom stereocenters. The van der Waals surface area contributed by atoms with E-state index >= 15 is 0 Å². The van der Waals surface area contributed by atoms with Crippen molar-refractivity contribution in [3.05, 3.63) is 22.4 Å². The summed E-state index contributed by atoms with van der Waals surface area (Å²) in [6, 6.07) is 1.08. The van der Waals surface area contributed by atoms with E-state index < -0.39 is 12.0 Å². The topological polar surface area (TPSA) is 69.6 Å². The number of nitrogens with one attached hydrogen (secondary N) is 1. The van der Waals surface area contributed by atoms with Crippen LogP contribution >= 0.6 is 11.3 Å². The molecule has 2 amide bonds. The number of carbonyl (C=O) groups is 2. The standard InChI is InChI=1S/C13H18N2O3S/c1-9(7-10-4-6-19-8-10)14-13(18)15-5-2-3-11(15)12(16)17/h4,6,8-9,11H,2-3,5,7H2,1H3,(H,14,18)(H,16,17)/t9?,11-/m0/s1. The number of carbonyl (C=O) groups excluding carboxylic acids is 1. The number of urea groups is 1. The number of likely N-dealkylation sites (tertiary alicyclic amines) is 1. The fraction of sp³-hybridized carbons (Fsp3) is 0.538. The third-order valence-corrected chi connectivity index (χ3v) is 4.02. The summed E-state index contributed by atoms with van der Waals surface area (Å²) in [4.78, 5) is 24.5. The lowest BCUT2D eigenvalue weighted by atomic mass is 10.1. The van der Waals surface area contributed by atoms with E-state index in [-0.39, 0.29) is 12.1 Å². The maximum atomic E-state index is 12.1. The first kappa shape index (κ1) is 13.9. The molecule has 5 nitrogen and oxygen atoms in total. The van der Waals surface area contributed by atoms with Crippen LogP contribution in [0.15, 0.2) is 16.8 Å². The van der Waals surface area contributed by atoms with Gasteiger partial charge in [0.15, 0.2) is 0 Å². The Bertz CT molecular complexity index is 447.